The van der Waals surface area contributed by atoms with Crippen molar-refractivity contribution in [2.24, 2.45) is 0 Å². The normalized spacial score (nSPS) is 12.8. The van der Waals surface area contributed by atoms with Crippen molar-refractivity contribution in [2.75, 3.05) is 50.7 Å². The number of nitrogens with zero attached hydrogens (tertiary/aromatic N) is 4. The number of nitriles is 2. The second-order valence-corrected chi connectivity index (χ2v) is 7.45. The van der Waals surface area contributed by atoms with Crippen LogP contribution in [0.3, 0.4) is 0 Å². The Balaban J connectivity index is 2.07. The Morgan fingerprint density at radius 2 is 1.86 bits per heavy atom. The van der Waals surface area contributed by atoms with Crippen LogP contribution in [0.15, 0.2) is 29.3 Å². The summed E-state index contributed by atoms with van der Waals surface area (Å²) in [6, 6.07) is 11.8. The van der Waals surface area contributed by atoms with Crippen LogP contribution in [-0.2, 0) is 4.74 Å². The van der Waals surface area contributed by atoms with Crippen LogP contribution in [0, 0.1) is 22.7 Å². The zero-order valence-corrected chi connectivity index (χ0v) is 17.0. The van der Waals surface area contributed by atoms with E-state index in [1.807, 2.05) is 24.3 Å². The minimum atomic E-state index is -0.0148. The van der Waals surface area contributed by atoms with Crippen LogP contribution in [0.25, 0.3) is 11.1 Å². The zero-order valence-electron chi connectivity index (χ0n) is 16.2. The molecule has 1 aromatic carbocycles. The fourth-order valence-electron chi connectivity index (χ4n) is 3.01. The molecule has 1 aliphatic rings. The molecule has 29 heavy (non-hydrogen) atoms. The molecule has 0 saturated carbocycles. The second-order valence-electron chi connectivity index (χ2n) is 6.37. The molecule has 1 saturated heterocycles. The Morgan fingerprint density at radius 1 is 1.14 bits per heavy atom. The lowest BCUT2D eigenvalue weighted by atomic mass is 9.96. The molecule has 150 valence electrons. The first kappa shape index (κ1) is 20.9. The molecule has 1 aromatic heterocycles. The monoisotopic (exact) mass is 410 g/mol. The molecule has 0 atom stereocenters. The Kier molecular flexibility index (Phi) is 7.31. The number of anilines is 1. The number of pyridine rings is 1. The highest BCUT2D eigenvalue weighted by Gasteiger charge is 2.27. The third kappa shape index (κ3) is 4.63. The highest BCUT2D eigenvalue weighted by molar-refractivity contribution is 7.99. The fraction of sp³-hybridized carbons (Fsp3) is 0.381. The van der Waals surface area contributed by atoms with Crippen LogP contribution in [0.5, 0.6) is 5.75 Å². The first-order valence-corrected chi connectivity index (χ1v) is 10.3. The average molecular weight is 410 g/mol. The molecule has 0 spiro atoms. The highest BCUT2D eigenvalue weighted by Crippen LogP contribution is 2.39. The van der Waals surface area contributed by atoms with E-state index in [2.05, 4.69) is 22.0 Å². The standard InChI is InChI=1S/C21H22N4O3S/c1-27-10-11-28-16-5-3-15(4-6-16)19-17(13-22)20(25-7-2-8-25)24-21(18(19)14-23)29-12-9-26/h3-6,26H,2,7-12H2,1H3. The van der Waals surface area contributed by atoms with Crippen LogP contribution in [-0.4, -0.2) is 55.9 Å². The summed E-state index contributed by atoms with van der Waals surface area (Å²) in [5.41, 5.74) is 2.10. The average Bonchev–Trinajstić information content (AvgIpc) is 2.71. The summed E-state index contributed by atoms with van der Waals surface area (Å²) in [4.78, 5) is 6.67. The van der Waals surface area contributed by atoms with Crippen LogP contribution >= 0.6 is 11.8 Å². The lowest BCUT2D eigenvalue weighted by Crippen LogP contribution is -2.38. The largest absolute Gasteiger partial charge is 0.491 e. The first-order chi connectivity index (χ1) is 14.2. The molecule has 7 nitrogen and oxygen atoms in total. The number of hydrogen-bond donors (Lipinski definition) is 1. The van der Waals surface area contributed by atoms with Gasteiger partial charge >= 0.3 is 0 Å². The fourth-order valence-corrected chi connectivity index (χ4v) is 3.74. The van der Waals surface area contributed by atoms with Gasteiger partial charge < -0.3 is 19.5 Å². The first-order valence-electron chi connectivity index (χ1n) is 9.32. The van der Waals surface area contributed by atoms with Crippen molar-refractivity contribution in [3.8, 4) is 29.0 Å². The van der Waals surface area contributed by atoms with Crippen LogP contribution < -0.4 is 9.64 Å². The molecule has 0 aliphatic carbocycles. The number of methoxy groups -OCH3 is 1. The predicted octanol–water partition coefficient (Wildman–Crippen LogP) is 2.81. The summed E-state index contributed by atoms with van der Waals surface area (Å²) in [6.07, 6.45) is 1.05. The molecule has 0 radical (unpaired) electrons. The Morgan fingerprint density at radius 3 is 2.41 bits per heavy atom. The van der Waals surface area contributed by atoms with Crippen molar-refractivity contribution in [1.29, 1.82) is 10.5 Å². The maximum absolute atomic E-state index is 9.90. The van der Waals surface area contributed by atoms with Gasteiger partial charge in [-0.3, -0.25) is 0 Å². The molecule has 0 bridgehead atoms. The lowest BCUT2D eigenvalue weighted by Gasteiger charge is -2.33. The molecule has 2 aromatic rings. The van der Waals surface area contributed by atoms with Crippen molar-refractivity contribution in [3.63, 3.8) is 0 Å². The van der Waals surface area contributed by atoms with E-state index < -0.39 is 0 Å². The van der Waals surface area contributed by atoms with Gasteiger partial charge in [0, 0.05) is 31.5 Å². The molecular weight excluding hydrogens is 388 g/mol. The van der Waals surface area contributed by atoms with E-state index in [4.69, 9.17) is 9.47 Å². The van der Waals surface area contributed by atoms with Crippen LogP contribution in [0.2, 0.25) is 0 Å². The summed E-state index contributed by atoms with van der Waals surface area (Å²) in [6.45, 7) is 2.60. The van der Waals surface area contributed by atoms with E-state index in [9.17, 15) is 15.6 Å². The van der Waals surface area contributed by atoms with Crippen molar-refractivity contribution in [1.82, 2.24) is 4.98 Å². The third-order valence-corrected chi connectivity index (χ3v) is 5.51. The third-order valence-electron chi connectivity index (χ3n) is 4.55. The molecule has 3 rings (SSSR count). The van der Waals surface area contributed by atoms with Gasteiger partial charge in [-0.15, -0.1) is 11.8 Å². The summed E-state index contributed by atoms with van der Waals surface area (Å²) >= 11 is 1.32. The van der Waals surface area contributed by atoms with Crippen LogP contribution in [0.1, 0.15) is 17.5 Å². The van der Waals surface area contributed by atoms with E-state index in [1.165, 1.54) is 11.8 Å². The van der Waals surface area contributed by atoms with E-state index in [0.717, 1.165) is 25.1 Å². The number of ether oxygens (including phenoxy) is 2. The molecule has 1 fully saturated rings. The SMILES string of the molecule is COCCOc1ccc(-c2c(C#N)c(SCCO)nc(N3CCC3)c2C#N)cc1. The molecule has 0 amide bonds. The molecule has 8 heteroatoms. The number of rotatable bonds is 9. The highest BCUT2D eigenvalue weighted by atomic mass is 32.2. The smallest absolute Gasteiger partial charge is 0.148 e. The predicted molar refractivity (Wildman–Crippen MR) is 111 cm³/mol. The number of aliphatic hydroxyl groups excluding tert-OH is 1. The maximum Gasteiger partial charge on any atom is 0.148 e. The summed E-state index contributed by atoms with van der Waals surface area (Å²) < 4.78 is 10.6. The van der Waals surface area contributed by atoms with E-state index >= 15 is 0 Å². The lowest BCUT2D eigenvalue weighted by molar-refractivity contribution is 0.146. The van der Waals surface area contributed by atoms with Crippen molar-refractivity contribution >= 4 is 17.6 Å². The molecular formula is C21H22N4O3S. The van der Waals surface area contributed by atoms with Gasteiger partial charge in [0.1, 0.15) is 40.9 Å². The molecule has 1 aliphatic heterocycles. The number of benzene rings is 1. The van der Waals surface area contributed by atoms with Gasteiger partial charge in [0.25, 0.3) is 0 Å². The number of hydrogen-bond acceptors (Lipinski definition) is 8. The summed E-state index contributed by atoms with van der Waals surface area (Å²) in [7, 11) is 1.62. The number of thioether (sulfide) groups is 1. The van der Waals surface area contributed by atoms with Gasteiger partial charge in [-0.2, -0.15) is 10.5 Å². The minimum Gasteiger partial charge on any atom is -0.491 e. The van der Waals surface area contributed by atoms with Crippen molar-refractivity contribution in [2.45, 2.75) is 11.4 Å². The van der Waals surface area contributed by atoms with E-state index in [0.29, 0.717) is 52.3 Å². The zero-order chi connectivity index (χ0) is 20.6. The molecule has 2 heterocycles. The van der Waals surface area contributed by atoms with Gasteiger partial charge in [-0.05, 0) is 24.1 Å². The van der Waals surface area contributed by atoms with Gasteiger partial charge in [0.2, 0.25) is 0 Å². The Labute approximate surface area is 174 Å². The van der Waals surface area contributed by atoms with Crippen LogP contribution in [0.4, 0.5) is 5.82 Å². The van der Waals surface area contributed by atoms with Gasteiger partial charge in [0.15, 0.2) is 0 Å². The quantitative estimate of drug-likeness (QED) is 0.497. The van der Waals surface area contributed by atoms with Gasteiger partial charge in [-0.1, -0.05) is 12.1 Å². The summed E-state index contributed by atoms with van der Waals surface area (Å²) in [5, 5.41) is 29.5. The second kappa shape index (κ2) is 10.1. The Hall–Kier alpha value is -2.78. The van der Waals surface area contributed by atoms with Crippen molar-refractivity contribution in [3.05, 3.63) is 35.4 Å². The minimum absolute atomic E-state index is 0.0148. The number of aromatic nitrogens is 1. The number of aliphatic hydroxyl groups is 1. The Bertz CT molecular complexity index is 931. The summed E-state index contributed by atoms with van der Waals surface area (Å²) in [5.74, 6) is 1.72. The molecule has 1 N–H and O–H groups in total. The van der Waals surface area contributed by atoms with Crippen molar-refractivity contribution < 1.29 is 14.6 Å². The topological polar surface area (TPSA) is 102 Å². The maximum atomic E-state index is 9.90. The molecule has 0 unspecified atom stereocenters. The van der Waals surface area contributed by atoms with E-state index in [-0.39, 0.29) is 6.61 Å². The van der Waals surface area contributed by atoms with Gasteiger partial charge in [-0.25, -0.2) is 4.98 Å². The van der Waals surface area contributed by atoms with E-state index in [1.54, 1.807) is 7.11 Å². The van der Waals surface area contributed by atoms with Gasteiger partial charge in [0.05, 0.1) is 18.8 Å².